The number of hydrogen-bond donors (Lipinski definition) is 2. The van der Waals surface area contributed by atoms with Crippen molar-refractivity contribution in [3.63, 3.8) is 0 Å². The largest absolute Gasteiger partial charge is 0.393 e. The molecular formula is C38H43ClFNO3. The van der Waals surface area contributed by atoms with Gasteiger partial charge in [-0.3, -0.25) is 9.69 Å². The summed E-state index contributed by atoms with van der Waals surface area (Å²) in [6.45, 7) is 6.54. The highest BCUT2D eigenvalue weighted by atomic mass is 35.5. The van der Waals surface area contributed by atoms with E-state index in [1.807, 2.05) is 18.2 Å². The highest BCUT2D eigenvalue weighted by Gasteiger charge is 2.57. The molecule has 2 bridgehead atoms. The van der Waals surface area contributed by atoms with Crippen molar-refractivity contribution < 1.29 is 19.4 Å². The number of aliphatic hydroxyl groups excluding tert-OH is 1. The van der Waals surface area contributed by atoms with Gasteiger partial charge < -0.3 is 10.2 Å². The fourth-order valence-corrected chi connectivity index (χ4v) is 8.31. The zero-order valence-corrected chi connectivity index (χ0v) is 26.5. The van der Waals surface area contributed by atoms with Gasteiger partial charge in [-0.15, -0.1) is 0 Å². The van der Waals surface area contributed by atoms with Gasteiger partial charge in [0.05, 0.1) is 11.7 Å². The Morgan fingerprint density at radius 3 is 2.52 bits per heavy atom. The summed E-state index contributed by atoms with van der Waals surface area (Å²) in [6, 6.07) is 18.9. The SMILES string of the molecule is CC1=CCCC2(C)C(CCC2(O)CN2Cc3ccccc3C2)c2ccc(cc2C(=O)Cc2c(F)cccc2Cl)CC(O)CC1. The first-order chi connectivity index (χ1) is 21.1. The van der Waals surface area contributed by atoms with Gasteiger partial charge >= 0.3 is 0 Å². The van der Waals surface area contributed by atoms with Crippen LogP contribution in [0.3, 0.4) is 0 Å². The number of ketones is 1. The molecular weight excluding hydrogens is 573 g/mol. The highest BCUT2D eigenvalue weighted by molar-refractivity contribution is 6.31. The van der Waals surface area contributed by atoms with Crippen LogP contribution in [0.5, 0.6) is 0 Å². The van der Waals surface area contributed by atoms with Crippen LogP contribution in [0.1, 0.15) is 96.5 Å². The molecule has 4 nitrogen and oxygen atoms in total. The van der Waals surface area contributed by atoms with E-state index >= 15 is 0 Å². The summed E-state index contributed by atoms with van der Waals surface area (Å²) in [5.41, 5.74) is 4.96. The van der Waals surface area contributed by atoms with Gasteiger partial charge in [-0.05, 0) is 98.2 Å². The van der Waals surface area contributed by atoms with E-state index in [0.29, 0.717) is 31.4 Å². The topological polar surface area (TPSA) is 60.8 Å². The number of Topliss-reactive ketones (excluding diaryl/α,β-unsaturated/α-hetero) is 1. The first-order valence-electron chi connectivity index (χ1n) is 16.0. The molecule has 7 rings (SSSR count). The normalized spacial score (nSPS) is 27.5. The van der Waals surface area contributed by atoms with Gasteiger partial charge in [0.1, 0.15) is 5.82 Å². The Hall–Kier alpha value is -2.83. The third kappa shape index (κ3) is 6.04. The molecule has 0 amide bonds. The monoisotopic (exact) mass is 615 g/mol. The molecule has 2 N–H and O–H groups in total. The van der Waals surface area contributed by atoms with E-state index in [0.717, 1.165) is 49.9 Å². The number of aliphatic hydroxyl groups is 2. The molecule has 0 spiro atoms. The first kappa shape index (κ1) is 31.2. The van der Waals surface area contributed by atoms with Crippen molar-refractivity contribution in [1.82, 2.24) is 4.90 Å². The number of carbonyl (C=O) groups is 1. The lowest BCUT2D eigenvalue weighted by atomic mass is 9.64. The fourth-order valence-electron chi connectivity index (χ4n) is 8.08. The van der Waals surface area contributed by atoms with Gasteiger partial charge in [0, 0.05) is 47.6 Å². The van der Waals surface area contributed by atoms with Crippen molar-refractivity contribution in [3.05, 3.63) is 117 Å². The average Bonchev–Trinajstić information content (AvgIpc) is 3.50. The molecule has 1 saturated carbocycles. The zero-order chi connectivity index (χ0) is 31.1. The van der Waals surface area contributed by atoms with Crippen LogP contribution >= 0.6 is 11.6 Å². The van der Waals surface area contributed by atoms with Crippen LogP contribution in [0.25, 0.3) is 0 Å². The standard InChI is InChI=1S/C38H43ClFNO3/c1-25-7-6-17-37(2)33(16-18-38(37,44)24-41-22-27-8-3-4-9-28(27)23-41)30-15-13-26(19-29(42)14-12-25)20-31(30)36(43)21-32-34(39)10-5-11-35(32)40/h3-5,7-11,13,15,20,29,33,42,44H,6,12,14,16-19,21-24H2,1-2H3. The van der Waals surface area contributed by atoms with Crippen LogP contribution < -0.4 is 0 Å². The summed E-state index contributed by atoms with van der Waals surface area (Å²) in [4.78, 5) is 16.4. The molecule has 0 saturated heterocycles. The van der Waals surface area contributed by atoms with Crippen molar-refractivity contribution in [2.24, 2.45) is 5.41 Å². The minimum atomic E-state index is -0.956. The van der Waals surface area contributed by atoms with Gasteiger partial charge in [-0.1, -0.05) is 72.6 Å². The number of nitrogens with zero attached hydrogens (tertiary/aromatic N) is 1. The molecule has 44 heavy (non-hydrogen) atoms. The van der Waals surface area contributed by atoms with E-state index < -0.39 is 22.9 Å². The Labute approximate surface area is 265 Å². The summed E-state index contributed by atoms with van der Waals surface area (Å²) >= 11 is 6.35. The fraction of sp³-hybridized carbons (Fsp3) is 0.447. The van der Waals surface area contributed by atoms with Crippen molar-refractivity contribution in [1.29, 1.82) is 0 Å². The third-order valence-electron chi connectivity index (χ3n) is 10.8. The quantitative estimate of drug-likeness (QED) is 0.226. The van der Waals surface area contributed by atoms with Gasteiger partial charge in [0.15, 0.2) is 5.78 Å². The summed E-state index contributed by atoms with van der Waals surface area (Å²) in [7, 11) is 0. The minimum Gasteiger partial charge on any atom is -0.393 e. The van der Waals surface area contributed by atoms with Crippen molar-refractivity contribution in [2.75, 3.05) is 6.54 Å². The molecule has 0 radical (unpaired) electrons. The summed E-state index contributed by atoms with van der Waals surface area (Å²) in [5.74, 6) is -0.753. The second-order valence-electron chi connectivity index (χ2n) is 13.7. The predicted octanol–water partition coefficient (Wildman–Crippen LogP) is 7.96. The van der Waals surface area contributed by atoms with Crippen LogP contribution in [0.15, 0.2) is 72.3 Å². The van der Waals surface area contributed by atoms with Crippen LogP contribution in [0, 0.1) is 11.2 Å². The van der Waals surface area contributed by atoms with Crippen molar-refractivity contribution in [3.8, 4) is 0 Å². The van der Waals surface area contributed by atoms with Crippen LogP contribution in [-0.2, 0) is 25.9 Å². The minimum absolute atomic E-state index is 0.0665. The maximum atomic E-state index is 14.8. The lowest BCUT2D eigenvalue weighted by Crippen LogP contribution is -2.51. The van der Waals surface area contributed by atoms with Crippen LogP contribution in [-0.4, -0.2) is 39.1 Å². The Morgan fingerprint density at radius 1 is 1.05 bits per heavy atom. The molecule has 3 aromatic carbocycles. The number of β-amino-alcohol motifs (C(OH)–C–C–N with tert-alkyl or cyclic N) is 1. The second kappa shape index (κ2) is 12.5. The van der Waals surface area contributed by atoms with Crippen LogP contribution in [0.4, 0.5) is 4.39 Å². The maximum Gasteiger partial charge on any atom is 0.167 e. The molecule has 1 heterocycles. The number of carbonyl (C=O) groups excluding carboxylic acids is 1. The Balaban J connectivity index is 1.39. The molecule has 3 aliphatic carbocycles. The average molecular weight is 616 g/mol. The molecule has 232 valence electrons. The summed E-state index contributed by atoms with van der Waals surface area (Å²) in [5, 5.41) is 23.7. The highest BCUT2D eigenvalue weighted by Crippen LogP contribution is 2.59. The lowest BCUT2D eigenvalue weighted by molar-refractivity contribution is -0.0845. The third-order valence-corrected chi connectivity index (χ3v) is 11.1. The van der Waals surface area contributed by atoms with E-state index in [1.54, 1.807) is 12.1 Å². The lowest BCUT2D eigenvalue weighted by Gasteiger charge is -2.45. The van der Waals surface area contributed by atoms with E-state index in [2.05, 4.69) is 49.1 Å². The van der Waals surface area contributed by atoms with E-state index in [4.69, 9.17) is 11.6 Å². The van der Waals surface area contributed by atoms with Gasteiger partial charge in [-0.25, -0.2) is 4.39 Å². The number of fused-ring (bicyclic) bond motifs is 9. The number of benzene rings is 3. The Kier molecular flexibility index (Phi) is 8.87. The van der Waals surface area contributed by atoms with E-state index in [9.17, 15) is 19.4 Å². The van der Waals surface area contributed by atoms with Crippen molar-refractivity contribution in [2.45, 2.75) is 95.9 Å². The Bertz CT molecular complexity index is 1540. The molecule has 1 fully saturated rings. The molecule has 1 aliphatic heterocycles. The molecule has 0 aromatic heterocycles. The van der Waals surface area contributed by atoms with Crippen LogP contribution in [0.2, 0.25) is 5.02 Å². The molecule has 4 atom stereocenters. The van der Waals surface area contributed by atoms with Gasteiger partial charge in [0.2, 0.25) is 0 Å². The number of allylic oxidation sites excluding steroid dienone is 2. The zero-order valence-electron chi connectivity index (χ0n) is 25.8. The first-order valence-corrected chi connectivity index (χ1v) is 16.4. The Morgan fingerprint density at radius 2 is 1.80 bits per heavy atom. The van der Waals surface area contributed by atoms with E-state index in [1.165, 1.54) is 22.8 Å². The maximum absolute atomic E-state index is 14.8. The molecule has 6 heteroatoms. The van der Waals surface area contributed by atoms with Gasteiger partial charge in [-0.2, -0.15) is 0 Å². The molecule has 4 unspecified atom stereocenters. The van der Waals surface area contributed by atoms with E-state index in [-0.39, 0.29) is 28.7 Å². The molecule has 3 aromatic rings. The smallest absolute Gasteiger partial charge is 0.167 e. The summed E-state index contributed by atoms with van der Waals surface area (Å²) < 4.78 is 14.8. The summed E-state index contributed by atoms with van der Waals surface area (Å²) in [6.07, 6.45) is 6.43. The van der Waals surface area contributed by atoms with Gasteiger partial charge in [0.25, 0.3) is 0 Å². The second-order valence-corrected chi connectivity index (χ2v) is 14.1. The number of hydrogen-bond acceptors (Lipinski definition) is 4. The number of halogens is 2. The van der Waals surface area contributed by atoms with Crippen molar-refractivity contribution >= 4 is 17.4 Å². The number of rotatable bonds is 5. The molecule has 4 aliphatic rings. The predicted molar refractivity (Wildman–Crippen MR) is 173 cm³/mol.